The van der Waals surface area contributed by atoms with Crippen molar-refractivity contribution < 1.29 is 19.1 Å². The molecular formula is C20H32O4. The van der Waals surface area contributed by atoms with Gasteiger partial charge in [0.25, 0.3) is 0 Å². The van der Waals surface area contributed by atoms with Gasteiger partial charge < -0.3 is 9.47 Å². The molecule has 0 aromatic carbocycles. The Morgan fingerprint density at radius 1 is 0.958 bits per heavy atom. The van der Waals surface area contributed by atoms with Gasteiger partial charge in [-0.25, -0.2) is 9.59 Å². The summed E-state index contributed by atoms with van der Waals surface area (Å²) in [5.74, 6) is -0.00157. The van der Waals surface area contributed by atoms with Gasteiger partial charge in [0, 0.05) is 11.6 Å². The second-order valence-corrected chi connectivity index (χ2v) is 6.89. The van der Waals surface area contributed by atoms with Gasteiger partial charge in [0.1, 0.15) is 12.2 Å². The Bertz CT molecular complexity index is 435. The third-order valence-electron chi connectivity index (χ3n) is 4.64. The molecule has 2 fully saturated rings. The van der Waals surface area contributed by atoms with Gasteiger partial charge in [-0.15, -0.1) is 0 Å². The molecule has 2 aliphatic rings. The van der Waals surface area contributed by atoms with Gasteiger partial charge in [-0.1, -0.05) is 32.9 Å². The predicted octanol–water partition coefficient (Wildman–Crippen LogP) is 4.73. The zero-order valence-electron chi connectivity index (χ0n) is 15.2. The van der Waals surface area contributed by atoms with Crippen LogP contribution in [-0.2, 0) is 19.1 Å². The average molecular weight is 336 g/mol. The lowest BCUT2D eigenvalue weighted by Gasteiger charge is -2.27. The number of ether oxygens (including phenoxy) is 2. The summed E-state index contributed by atoms with van der Waals surface area (Å²) in [6.45, 7) is 10.7. The molecule has 2 unspecified atom stereocenters. The summed E-state index contributed by atoms with van der Waals surface area (Å²) >= 11 is 0. The molecule has 2 atom stereocenters. The second kappa shape index (κ2) is 11.1. The van der Waals surface area contributed by atoms with Crippen molar-refractivity contribution >= 4 is 11.9 Å². The topological polar surface area (TPSA) is 52.6 Å². The Morgan fingerprint density at radius 2 is 1.54 bits per heavy atom. The van der Waals surface area contributed by atoms with E-state index in [1.165, 1.54) is 44.6 Å². The van der Waals surface area contributed by atoms with E-state index < -0.39 is 0 Å². The first-order valence-corrected chi connectivity index (χ1v) is 9.13. The summed E-state index contributed by atoms with van der Waals surface area (Å²) in [5, 5.41) is 0. The first-order chi connectivity index (χ1) is 11.4. The lowest BCUT2D eigenvalue weighted by molar-refractivity contribution is -0.147. The highest BCUT2D eigenvalue weighted by molar-refractivity contribution is 5.87. The number of rotatable bonds is 4. The molecule has 0 aromatic rings. The third kappa shape index (κ3) is 7.80. The monoisotopic (exact) mass is 336 g/mol. The first kappa shape index (κ1) is 20.5. The molecule has 0 N–H and O–H groups in total. The van der Waals surface area contributed by atoms with E-state index in [0.29, 0.717) is 11.5 Å². The van der Waals surface area contributed by atoms with Gasteiger partial charge >= 0.3 is 11.9 Å². The molecule has 4 heteroatoms. The minimum atomic E-state index is -0.284. The van der Waals surface area contributed by atoms with Crippen LogP contribution in [0.25, 0.3) is 0 Å². The van der Waals surface area contributed by atoms with Crippen molar-refractivity contribution in [2.75, 3.05) is 0 Å². The van der Waals surface area contributed by atoms with Gasteiger partial charge in [-0.2, -0.15) is 0 Å². The summed E-state index contributed by atoms with van der Waals surface area (Å²) < 4.78 is 10.4. The fourth-order valence-electron chi connectivity index (χ4n) is 3.09. The van der Waals surface area contributed by atoms with Crippen molar-refractivity contribution in [1.29, 1.82) is 0 Å². The highest BCUT2D eigenvalue weighted by Crippen LogP contribution is 2.26. The van der Waals surface area contributed by atoms with Gasteiger partial charge in [-0.05, 0) is 57.8 Å². The summed E-state index contributed by atoms with van der Waals surface area (Å²) in [6, 6.07) is 0. The maximum absolute atomic E-state index is 11.1. The Balaban J connectivity index is 0.000000240. The first-order valence-electron chi connectivity index (χ1n) is 9.13. The van der Waals surface area contributed by atoms with Gasteiger partial charge in [0.05, 0.1) is 0 Å². The van der Waals surface area contributed by atoms with E-state index in [0.717, 1.165) is 19.3 Å². The van der Waals surface area contributed by atoms with E-state index in [9.17, 15) is 9.59 Å². The molecule has 0 amide bonds. The van der Waals surface area contributed by atoms with Crippen molar-refractivity contribution in [3.05, 3.63) is 24.8 Å². The van der Waals surface area contributed by atoms with Crippen LogP contribution in [0.5, 0.6) is 0 Å². The molecule has 0 aliphatic heterocycles. The number of carbonyl (C=O) groups is 2. The van der Waals surface area contributed by atoms with E-state index in [2.05, 4.69) is 20.1 Å². The summed E-state index contributed by atoms with van der Waals surface area (Å²) in [5.41, 5.74) is 0.501. The highest BCUT2D eigenvalue weighted by Gasteiger charge is 2.23. The summed E-state index contributed by atoms with van der Waals surface area (Å²) in [7, 11) is 0. The minimum Gasteiger partial charge on any atom is -0.459 e. The van der Waals surface area contributed by atoms with Crippen LogP contribution in [0.2, 0.25) is 0 Å². The maximum atomic E-state index is 11.1. The van der Waals surface area contributed by atoms with Crippen LogP contribution >= 0.6 is 0 Å². The van der Waals surface area contributed by atoms with Crippen molar-refractivity contribution in [2.45, 2.75) is 83.8 Å². The largest absolute Gasteiger partial charge is 0.459 e. The average Bonchev–Trinajstić information content (AvgIpc) is 2.58. The third-order valence-corrected chi connectivity index (χ3v) is 4.64. The molecule has 0 aromatic heterocycles. The van der Waals surface area contributed by atoms with Crippen LogP contribution in [0.3, 0.4) is 0 Å². The molecule has 0 radical (unpaired) electrons. The molecule has 0 spiro atoms. The van der Waals surface area contributed by atoms with E-state index >= 15 is 0 Å². The number of hydrogen-bond acceptors (Lipinski definition) is 4. The molecule has 0 saturated heterocycles. The summed E-state index contributed by atoms with van der Waals surface area (Å²) in [4.78, 5) is 22.0. The number of hydrogen-bond donors (Lipinski definition) is 0. The quantitative estimate of drug-likeness (QED) is 0.550. The van der Waals surface area contributed by atoms with Crippen LogP contribution < -0.4 is 0 Å². The van der Waals surface area contributed by atoms with E-state index in [4.69, 9.17) is 9.47 Å². The van der Waals surface area contributed by atoms with Crippen LogP contribution in [0.1, 0.15) is 71.6 Å². The van der Waals surface area contributed by atoms with Gasteiger partial charge in [-0.3, -0.25) is 0 Å². The Hall–Kier alpha value is -1.58. The molecule has 2 rings (SSSR count). The molecule has 4 nitrogen and oxygen atoms in total. The Labute approximate surface area is 146 Å². The molecule has 0 bridgehead atoms. The highest BCUT2D eigenvalue weighted by atomic mass is 16.5. The van der Waals surface area contributed by atoms with Crippen LogP contribution in [0.15, 0.2) is 24.8 Å². The molecule has 2 aliphatic carbocycles. The van der Waals surface area contributed by atoms with Crippen molar-refractivity contribution in [1.82, 2.24) is 0 Å². The fraction of sp³-hybridized carbons (Fsp3) is 0.700. The molecule has 136 valence electrons. The minimum absolute atomic E-state index is 0.129. The van der Waals surface area contributed by atoms with E-state index in [1.807, 2.05) is 0 Å². The zero-order valence-corrected chi connectivity index (χ0v) is 15.2. The normalized spacial score (nSPS) is 24.1. The lowest BCUT2D eigenvalue weighted by atomic mass is 9.88. The zero-order chi connectivity index (χ0) is 17.9. The number of carbonyl (C=O) groups excluding carboxylic acids is 2. The van der Waals surface area contributed by atoms with Crippen LogP contribution in [0, 0.1) is 5.92 Å². The SMILES string of the molecule is C=C(C)C(=O)OC1CCCCC1.C=CC(=O)OC1CCCCC1C. The van der Waals surface area contributed by atoms with Crippen LogP contribution in [0.4, 0.5) is 0 Å². The smallest absolute Gasteiger partial charge is 0.333 e. The lowest BCUT2D eigenvalue weighted by Crippen LogP contribution is -2.27. The van der Waals surface area contributed by atoms with Crippen molar-refractivity contribution in [3.63, 3.8) is 0 Å². The molecular weight excluding hydrogens is 304 g/mol. The van der Waals surface area contributed by atoms with E-state index in [-0.39, 0.29) is 24.1 Å². The van der Waals surface area contributed by atoms with Crippen molar-refractivity contribution in [3.8, 4) is 0 Å². The fourth-order valence-corrected chi connectivity index (χ4v) is 3.09. The Kier molecular flexibility index (Phi) is 9.43. The molecule has 2 saturated carbocycles. The Morgan fingerprint density at radius 3 is 2.08 bits per heavy atom. The van der Waals surface area contributed by atoms with Gasteiger partial charge in [0.15, 0.2) is 0 Å². The maximum Gasteiger partial charge on any atom is 0.333 e. The second-order valence-electron chi connectivity index (χ2n) is 6.89. The molecule has 0 heterocycles. The summed E-state index contributed by atoms with van der Waals surface area (Å²) in [6.07, 6.45) is 11.9. The predicted molar refractivity (Wildman–Crippen MR) is 95.5 cm³/mol. The van der Waals surface area contributed by atoms with Gasteiger partial charge in [0.2, 0.25) is 0 Å². The number of esters is 2. The van der Waals surface area contributed by atoms with Crippen molar-refractivity contribution in [2.24, 2.45) is 5.92 Å². The van der Waals surface area contributed by atoms with E-state index in [1.54, 1.807) is 6.92 Å². The molecule has 24 heavy (non-hydrogen) atoms. The van der Waals surface area contributed by atoms with Crippen LogP contribution in [-0.4, -0.2) is 24.1 Å². The standard InChI is InChI=1S/2C10H16O2/c1-8(2)10(11)12-9-6-4-3-5-7-9;1-3-10(11)12-9-7-5-4-6-8(9)2/h9H,1,3-7H2,2H3;3,8-9H,1,4-7H2,2H3.